The molecule has 0 N–H and O–H groups in total. The number of hydrogen-bond donors (Lipinski definition) is 0. The average Bonchev–Trinajstić information content (AvgIpc) is 2.08. The van der Waals surface area contributed by atoms with Crippen LogP contribution in [0.1, 0.15) is 44.9 Å². The third-order valence-electron chi connectivity index (χ3n) is 4.92. The summed E-state index contributed by atoms with van der Waals surface area (Å²) in [6.07, 6.45) is 4.72. The van der Waals surface area contributed by atoms with Crippen LogP contribution in [0, 0.1) is 27.4 Å². The van der Waals surface area contributed by atoms with E-state index in [1.807, 2.05) is 0 Å². The molecule has 4 bridgehead atoms. The molecule has 4 fully saturated rings. The Kier molecular flexibility index (Phi) is 2.34. The van der Waals surface area contributed by atoms with Crippen molar-refractivity contribution in [3.8, 4) is 0 Å². The standard InChI is InChI=1S/C12H17NO5/c14-10(15)6-11-2-8-1-9(3-11)5-12(4-8,7-11)18-13(16)17/h8-9H,1-7H2,(H,14,15)/p-1/t8-,9+,11?,12?. The molecular formula is C12H16NO5-. The molecule has 0 aliphatic heterocycles. The van der Waals surface area contributed by atoms with Gasteiger partial charge in [-0.05, 0) is 62.2 Å². The minimum atomic E-state index is -1.05. The maximum atomic E-state index is 10.9. The van der Waals surface area contributed by atoms with E-state index in [9.17, 15) is 20.0 Å². The maximum Gasteiger partial charge on any atom is 0.295 e. The predicted molar refractivity (Wildman–Crippen MR) is 57.5 cm³/mol. The van der Waals surface area contributed by atoms with Crippen LogP contribution in [0.3, 0.4) is 0 Å². The van der Waals surface area contributed by atoms with Gasteiger partial charge in [0, 0.05) is 5.97 Å². The molecular weight excluding hydrogens is 238 g/mol. The molecule has 4 atom stereocenters. The fourth-order valence-electron chi connectivity index (χ4n) is 5.14. The van der Waals surface area contributed by atoms with Gasteiger partial charge in [-0.3, -0.25) is 0 Å². The second kappa shape index (κ2) is 3.59. The number of aliphatic carboxylic acids is 1. The zero-order valence-corrected chi connectivity index (χ0v) is 10.1. The van der Waals surface area contributed by atoms with Gasteiger partial charge in [0.1, 0.15) is 5.60 Å². The minimum absolute atomic E-state index is 0.0167. The zero-order valence-electron chi connectivity index (χ0n) is 10.1. The second-order valence-corrected chi connectivity index (χ2v) is 6.51. The molecule has 4 saturated carbocycles. The highest BCUT2D eigenvalue weighted by atomic mass is 17.0. The SMILES string of the molecule is O=C([O-])CC12C[C@H]3C[C@@H](C1)CC(O[N+](=O)[O-])(C3)C2. The fraction of sp³-hybridized carbons (Fsp3) is 0.917. The van der Waals surface area contributed by atoms with Crippen molar-refractivity contribution >= 4 is 5.97 Å². The molecule has 4 aliphatic rings. The summed E-state index contributed by atoms with van der Waals surface area (Å²) in [7, 11) is 0. The number of carboxylic acids is 1. The van der Waals surface area contributed by atoms with Crippen molar-refractivity contribution < 1.29 is 19.8 Å². The van der Waals surface area contributed by atoms with Gasteiger partial charge < -0.3 is 14.7 Å². The topological polar surface area (TPSA) is 92.5 Å². The van der Waals surface area contributed by atoms with Crippen LogP contribution < -0.4 is 5.11 Å². The number of nitrogens with zero attached hydrogens (tertiary/aromatic N) is 1. The molecule has 0 saturated heterocycles. The molecule has 6 heteroatoms. The largest absolute Gasteiger partial charge is 0.550 e. The van der Waals surface area contributed by atoms with Crippen LogP contribution >= 0.6 is 0 Å². The van der Waals surface area contributed by atoms with E-state index in [0.717, 1.165) is 19.3 Å². The molecule has 0 amide bonds. The molecule has 0 aromatic heterocycles. The third kappa shape index (κ3) is 1.83. The minimum Gasteiger partial charge on any atom is -0.550 e. The molecule has 18 heavy (non-hydrogen) atoms. The Bertz CT molecular complexity index is 359. The Labute approximate surface area is 104 Å². The molecule has 6 nitrogen and oxygen atoms in total. The van der Waals surface area contributed by atoms with Crippen molar-refractivity contribution in [1.82, 2.24) is 0 Å². The Balaban J connectivity index is 1.87. The molecule has 2 unspecified atom stereocenters. The summed E-state index contributed by atoms with van der Waals surface area (Å²) >= 11 is 0. The maximum absolute atomic E-state index is 10.9. The summed E-state index contributed by atoms with van der Waals surface area (Å²) in [5, 5.41) is 20.9. The highest BCUT2D eigenvalue weighted by Gasteiger charge is 2.59. The summed E-state index contributed by atoms with van der Waals surface area (Å²) in [6.45, 7) is 0. The van der Waals surface area contributed by atoms with Crippen LogP contribution in [0.4, 0.5) is 0 Å². The van der Waals surface area contributed by atoms with Gasteiger partial charge in [-0.2, -0.15) is 0 Å². The molecule has 0 aromatic carbocycles. The van der Waals surface area contributed by atoms with Gasteiger partial charge in [-0.25, -0.2) is 0 Å². The van der Waals surface area contributed by atoms with E-state index < -0.39 is 16.7 Å². The monoisotopic (exact) mass is 254 g/mol. The fourth-order valence-corrected chi connectivity index (χ4v) is 5.14. The van der Waals surface area contributed by atoms with Crippen molar-refractivity contribution in [2.45, 2.75) is 50.5 Å². The smallest absolute Gasteiger partial charge is 0.295 e. The first-order valence-corrected chi connectivity index (χ1v) is 6.44. The van der Waals surface area contributed by atoms with Gasteiger partial charge >= 0.3 is 0 Å². The Morgan fingerprint density at radius 3 is 2.39 bits per heavy atom. The Morgan fingerprint density at radius 1 is 1.28 bits per heavy atom. The summed E-state index contributed by atoms with van der Waals surface area (Å²) in [5.41, 5.74) is -1.04. The second-order valence-electron chi connectivity index (χ2n) is 6.51. The summed E-state index contributed by atoms with van der Waals surface area (Å²) in [4.78, 5) is 26.6. The van der Waals surface area contributed by atoms with Crippen LogP contribution in [0.5, 0.6) is 0 Å². The average molecular weight is 254 g/mol. The molecule has 4 rings (SSSR count). The van der Waals surface area contributed by atoms with Crippen molar-refractivity contribution in [3.05, 3.63) is 10.1 Å². The molecule has 100 valence electrons. The van der Waals surface area contributed by atoms with E-state index in [4.69, 9.17) is 4.84 Å². The van der Waals surface area contributed by atoms with Crippen LogP contribution in [0.25, 0.3) is 0 Å². The first-order chi connectivity index (χ1) is 8.40. The lowest BCUT2D eigenvalue weighted by atomic mass is 9.47. The number of hydrogen-bond acceptors (Lipinski definition) is 5. The number of carbonyl (C=O) groups excluding carboxylic acids is 1. The summed E-state index contributed by atoms with van der Waals surface area (Å²) in [5.74, 6) is -0.288. The third-order valence-corrected chi connectivity index (χ3v) is 4.92. The number of rotatable bonds is 4. The molecule has 0 heterocycles. The highest BCUT2D eigenvalue weighted by molar-refractivity contribution is 5.65. The normalized spacial score (nSPS) is 44.9. The number of carboxylic acid groups (broad SMARTS) is 1. The van der Waals surface area contributed by atoms with Crippen molar-refractivity contribution in [2.75, 3.05) is 0 Å². The van der Waals surface area contributed by atoms with Gasteiger partial charge in [0.15, 0.2) is 0 Å². The highest BCUT2D eigenvalue weighted by Crippen LogP contribution is 2.63. The van der Waals surface area contributed by atoms with Crippen LogP contribution in [-0.2, 0) is 9.63 Å². The van der Waals surface area contributed by atoms with Gasteiger partial charge in [0.2, 0.25) is 0 Å². The predicted octanol–water partition coefficient (Wildman–Crippen LogP) is 0.674. The van der Waals surface area contributed by atoms with Crippen molar-refractivity contribution in [1.29, 1.82) is 0 Å². The van der Waals surface area contributed by atoms with Crippen LogP contribution in [0.15, 0.2) is 0 Å². The van der Waals surface area contributed by atoms with Gasteiger partial charge in [-0.15, -0.1) is 10.1 Å². The lowest BCUT2D eigenvalue weighted by Crippen LogP contribution is -2.58. The van der Waals surface area contributed by atoms with Gasteiger partial charge in [-0.1, -0.05) is 0 Å². The molecule has 4 aliphatic carbocycles. The van der Waals surface area contributed by atoms with Crippen LogP contribution in [0.2, 0.25) is 0 Å². The summed E-state index contributed by atoms with van der Waals surface area (Å²) in [6, 6.07) is 0. The number of carbonyl (C=O) groups is 1. The van der Waals surface area contributed by atoms with Gasteiger partial charge in [0.25, 0.3) is 5.09 Å². The molecule has 0 spiro atoms. The Morgan fingerprint density at radius 2 is 1.89 bits per heavy atom. The van der Waals surface area contributed by atoms with Gasteiger partial charge in [0.05, 0.1) is 0 Å². The van der Waals surface area contributed by atoms with Crippen molar-refractivity contribution in [2.24, 2.45) is 17.3 Å². The first-order valence-electron chi connectivity index (χ1n) is 6.44. The lowest BCUT2D eigenvalue weighted by Gasteiger charge is -2.61. The zero-order chi connectivity index (χ0) is 13.0. The lowest BCUT2D eigenvalue weighted by molar-refractivity contribution is -0.785. The van der Waals surface area contributed by atoms with E-state index in [2.05, 4.69) is 0 Å². The van der Waals surface area contributed by atoms with E-state index in [-0.39, 0.29) is 11.8 Å². The quantitative estimate of drug-likeness (QED) is 0.543. The van der Waals surface area contributed by atoms with E-state index in [1.54, 1.807) is 0 Å². The van der Waals surface area contributed by atoms with Crippen molar-refractivity contribution in [3.63, 3.8) is 0 Å². The van der Waals surface area contributed by atoms with E-state index in [1.165, 1.54) is 0 Å². The molecule has 0 aromatic rings. The van der Waals surface area contributed by atoms with Crippen LogP contribution in [-0.4, -0.2) is 16.7 Å². The Hall–Kier alpha value is -1.33. The molecule has 0 radical (unpaired) electrons. The van der Waals surface area contributed by atoms with E-state index >= 15 is 0 Å². The summed E-state index contributed by atoms with van der Waals surface area (Å²) < 4.78 is 0. The van der Waals surface area contributed by atoms with E-state index in [0.29, 0.717) is 31.1 Å². The first kappa shape index (κ1) is 11.7.